The normalized spacial score (nSPS) is 22.2. The van der Waals surface area contributed by atoms with E-state index in [0.717, 1.165) is 39.1 Å². The van der Waals surface area contributed by atoms with Crippen LogP contribution in [-0.2, 0) is 10.2 Å². The van der Waals surface area contributed by atoms with Crippen molar-refractivity contribution in [3.8, 4) is 6.07 Å². The van der Waals surface area contributed by atoms with E-state index in [9.17, 15) is 5.26 Å². The summed E-state index contributed by atoms with van der Waals surface area (Å²) in [5.41, 5.74) is 2.21. The summed E-state index contributed by atoms with van der Waals surface area (Å²) in [5, 5.41) is 9.59. The first kappa shape index (κ1) is 12.5. The number of ether oxygens (including phenoxy) is 1. The predicted octanol–water partition coefficient (Wildman–Crippen LogP) is 2.86. The Hall–Kier alpha value is -1.53. The summed E-state index contributed by atoms with van der Waals surface area (Å²) in [5.74, 6) is 0. The Kier molecular flexibility index (Phi) is 3.44. The number of hydrogen-bond acceptors (Lipinski definition) is 3. The fraction of sp³-hybridized carbons (Fsp3) is 0.562. The molecule has 1 heterocycles. The van der Waals surface area contributed by atoms with Gasteiger partial charge in [-0.25, -0.2) is 0 Å². The van der Waals surface area contributed by atoms with Gasteiger partial charge in [-0.3, -0.25) is 0 Å². The highest BCUT2D eigenvalue weighted by Gasteiger charge is 2.36. The monoisotopic (exact) mass is 256 g/mol. The van der Waals surface area contributed by atoms with E-state index < -0.39 is 0 Å². The maximum atomic E-state index is 9.59. The number of anilines is 1. The molecule has 0 spiro atoms. The molecule has 1 aromatic carbocycles. The molecule has 2 aliphatic rings. The smallest absolute Gasteiger partial charge is 0.0823 e. The van der Waals surface area contributed by atoms with Crippen LogP contribution in [0.3, 0.4) is 0 Å². The summed E-state index contributed by atoms with van der Waals surface area (Å²) in [4.78, 5) is 2.35. The molecule has 0 unspecified atom stereocenters. The molecule has 1 aliphatic heterocycles. The third kappa shape index (κ3) is 2.33. The summed E-state index contributed by atoms with van der Waals surface area (Å²) in [6.45, 7) is 3.49. The predicted molar refractivity (Wildman–Crippen MR) is 75.2 cm³/mol. The Bertz CT molecular complexity index is 480. The molecule has 1 saturated carbocycles. The Morgan fingerprint density at radius 3 is 2.58 bits per heavy atom. The van der Waals surface area contributed by atoms with Gasteiger partial charge in [-0.05, 0) is 30.5 Å². The van der Waals surface area contributed by atoms with E-state index in [0.29, 0.717) is 0 Å². The minimum Gasteiger partial charge on any atom is -0.378 e. The Morgan fingerprint density at radius 2 is 1.89 bits per heavy atom. The van der Waals surface area contributed by atoms with Gasteiger partial charge in [-0.15, -0.1) is 0 Å². The van der Waals surface area contributed by atoms with Gasteiger partial charge in [0.2, 0.25) is 0 Å². The molecule has 0 bridgehead atoms. The second-order valence-electron chi connectivity index (χ2n) is 5.55. The lowest BCUT2D eigenvalue weighted by molar-refractivity contribution is 0.122. The summed E-state index contributed by atoms with van der Waals surface area (Å²) in [6.07, 6.45) is 4.37. The fourth-order valence-corrected chi connectivity index (χ4v) is 3.27. The third-order valence-electron chi connectivity index (χ3n) is 4.45. The van der Waals surface area contributed by atoms with Crippen LogP contribution in [0.1, 0.15) is 31.2 Å². The molecule has 1 aliphatic carbocycles. The molecule has 3 nitrogen and oxygen atoms in total. The van der Waals surface area contributed by atoms with Gasteiger partial charge < -0.3 is 9.64 Å². The van der Waals surface area contributed by atoms with Crippen molar-refractivity contribution >= 4 is 5.69 Å². The van der Waals surface area contributed by atoms with Crippen LogP contribution in [0.25, 0.3) is 0 Å². The summed E-state index contributed by atoms with van der Waals surface area (Å²) in [6, 6.07) is 11.2. The first-order valence-electron chi connectivity index (χ1n) is 7.19. The van der Waals surface area contributed by atoms with Crippen molar-refractivity contribution < 1.29 is 4.74 Å². The molecule has 2 fully saturated rings. The van der Waals surface area contributed by atoms with E-state index in [-0.39, 0.29) is 5.41 Å². The molecule has 19 heavy (non-hydrogen) atoms. The first-order valence-corrected chi connectivity index (χ1v) is 7.19. The van der Waals surface area contributed by atoms with Crippen LogP contribution < -0.4 is 4.90 Å². The van der Waals surface area contributed by atoms with Crippen molar-refractivity contribution in [3.63, 3.8) is 0 Å². The second kappa shape index (κ2) is 5.22. The zero-order valence-electron chi connectivity index (χ0n) is 11.3. The molecule has 0 N–H and O–H groups in total. The highest BCUT2D eigenvalue weighted by Crippen LogP contribution is 2.41. The van der Waals surface area contributed by atoms with Crippen LogP contribution in [0.4, 0.5) is 5.69 Å². The second-order valence-corrected chi connectivity index (χ2v) is 5.55. The van der Waals surface area contributed by atoms with Gasteiger partial charge in [0.1, 0.15) is 0 Å². The molecular weight excluding hydrogens is 236 g/mol. The summed E-state index contributed by atoms with van der Waals surface area (Å²) < 4.78 is 5.40. The van der Waals surface area contributed by atoms with Gasteiger partial charge >= 0.3 is 0 Å². The molecule has 0 amide bonds. The quantitative estimate of drug-likeness (QED) is 0.816. The van der Waals surface area contributed by atoms with Crippen molar-refractivity contribution in [1.29, 1.82) is 5.26 Å². The van der Waals surface area contributed by atoms with Crippen LogP contribution in [0.2, 0.25) is 0 Å². The summed E-state index contributed by atoms with van der Waals surface area (Å²) in [7, 11) is 0. The minimum atomic E-state index is -0.234. The number of hydrogen-bond donors (Lipinski definition) is 0. The molecular formula is C16H20N2O. The maximum absolute atomic E-state index is 9.59. The van der Waals surface area contributed by atoms with Crippen LogP contribution >= 0.6 is 0 Å². The van der Waals surface area contributed by atoms with E-state index in [4.69, 9.17) is 4.74 Å². The molecule has 0 atom stereocenters. The molecule has 0 radical (unpaired) electrons. The lowest BCUT2D eigenvalue weighted by Crippen LogP contribution is -2.36. The van der Waals surface area contributed by atoms with Gasteiger partial charge in [0, 0.05) is 18.8 Å². The largest absolute Gasteiger partial charge is 0.378 e. The number of morpholine rings is 1. The van der Waals surface area contributed by atoms with Crippen molar-refractivity contribution in [1.82, 2.24) is 0 Å². The van der Waals surface area contributed by atoms with Crippen molar-refractivity contribution in [2.75, 3.05) is 31.2 Å². The highest BCUT2D eigenvalue weighted by molar-refractivity contribution is 5.52. The highest BCUT2D eigenvalue weighted by atomic mass is 16.5. The van der Waals surface area contributed by atoms with Crippen LogP contribution in [0.15, 0.2) is 24.3 Å². The van der Waals surface area contributed by atoms with E-state index in [1.165, 1.54) is 24.1 Å². The molecule has 100 valence electrons. The van der Waals surface area contributed by atoms with Crippen LogP contribution in [0.5, 0.6) is 0 Å². The Labute approximate surface area is 114 Å². The van der Waals surface area contributed by atoms with E-state index in [1.54, 1.807) is 0 Å². The zero-order valence-corrected chi connectivity index (χ0v) is 11.3. The molecule has 3 rings (SSSR count). The van der Waals surface area contributed by atoms with Gasteiger partial charge in [-0.2, -0.15) is 5.26 Å². The molecule has 3 heteroatoms. The summed E-state index contributed by atoms with van der Waals surface area (Å²) >= 11 is 0. The van der Waals surface area contributed by atoms with Gasteiger partial charge in [0.25, 0.3) is 0 Å². The SMILES string of the molecule is N#CC1(c2cccc(N3CCOCC3)c2)CCCC1. The lowest BCUT2D eigenvalue weighted by atomic mass is 9.80. The fourth-order valence-electron chi connectivity index (χ4n) is 3.27. The Morgan fingerprint density at radius 1 is 1.16 bits per heavy atom. The number of nitrogens with zero attached hydrogens (tertiary/aromatic N) is 2. The standard InChI is InChI=1S/C16H20N2O/c17-13-16(6-1-2-7-16)14-4-3-5-15(12-14)18-8-10-19-11-9-18/h3-5,12H,1-2,6-11H2. The number of benzene rings is 1. The van der Waals surface area contributed by atoms with Crippen LogP contribution in [0, 0.1) is 11.3 Å². The van der Waals surface area contributed by atoms with E-state index >= 15 is 0 Å². The van der Waals surface area contributed by atoms with Gasteiger partial charge in [-0.1, -0.05) is 25.0 Å². The van der Waals surface area contributed by atoms with Gasteiger partial charge in [0.05, 0.1) is 24.7 Å². The van der Waals surface area contributed by atoms with E-state index in [2.05, 4.69) is 35.2 Å². The molecule has 0 aromatic heterocycles. The van der Waals surface area contributed by atoms with Crippen molar-refractivity contribution in [2.24, 2.45) is 0 Å². The Balaban J connectivity index is 1.89. The minimum absolute atomic E-state index is 0.234. The number of nitriles is 1. The lowest BCUT2D eigenvalue weighted by Gasteiger charge is -2.30. The average Bonchev–Trinajstić information content (AvgIpc) is 2.98. The number of rotatable bonds is 2. The topological polar surface area (TPSA) is 36.3 Å². The maximum Gasteiger partial charge on any atom is 0.0823 e. The molecule has 1 saturated heterocycles. The molecule has 1 aromatic rings. The average molecular weight is 256 g/mol. The van der Waals surface area contributed by atoms with E-state index in [1.807, 2.05) is 0 Å². The van der Waals surface area contributed by atoms with Crippen molar-refractivity contribution in [2.45, 2.75) is 31.1 Å². The zero-order chi connectivity index (χ0) is 13.1. The third-order valence-corrected chi connectivity index (χ3v) is 4.45. The van der Waals surface area contributed by atoms with Crippen LogP contribution in [-0.4, -0.2) is 26.3 Å². The van der Waals surface area contributed by atoms with Gasteiger partial charge in [0.15, 0.2) is 0 Å². The van der Waals surface area contributed by atoms with Crippen molar-refractivity contribution in [3.05, 3.63) is 29.8 Å². The first-order chi connectivity index (χ1) is 9.34.